The second-order valence-corrected chi connectivity index (χ2v) is 4.50. The standard InChI is InChI=1S/C14H19N3O2/c1-8-6-12(19-5)10(7-11(8)18-4)13-9(2)14(15)17(3)16-13/h6-7H,15H2,1-5H3. The van der Waals surface area contributed by atoms with Crippen molar-refractivity contribution in [3.05, 3.63) is 23.3 Å². The quantitative estimate of drug-likeness (QED) is 0.921. The third kappa shape index (κ3) is 2.12. The van der Waals surface area contributed by atoms with E-state index in [1.54, 1.807) is 18.9 Å². The Labute approximate surface area is 112 Å². The van der Waals surface area contributed by atoms with Gasteiger partial charge in [-0.15, -0.1) is 0 Å². The van der Waals surface area contributed by atoms with Gasteiger partial charge in [-0.3, -0.25) is 4.68 Å². The highest BCUT2D eigenvalue weighted by Crippen LogP contribution is 2.37. The van der Waals surface area contributed by atoms with E-state index in [0.717, 1.165) is 33.9 Å². The molecule has 0 atom stereocenters. The molecule has 0 spiro atoms. The lowest BCUT2D eigenvalue weighted by Gasteiger charge is -2.12. The van der Waals surface area contributed by atoms with Crippen LogP contribution < -0.4 is 15.2 Å². The Morgan fingerprint density at radius 2 is 1.74 bits per heavy atom. The fourth-order valence-electron chi connectivity index (χ4n) is 2.13. The van der Waals surface area contributed by atoms with Crippen molar-refractivity contribution in [1.82, 2.24) is 9.78 Å². The molecule has 1 aromatic heterocycles. The van der Waals surface area contributed by atoms with E-state index >= 15 is 0 Å². The zero-order chi connectivity index (χ0) is 14.2. The number of hydrogen-bond acceptors (Lipinski definition) is 4. The molecule has 102 valence electrons. The SMILES string of the molecule is COc1cc(-c2nn(C)c(N)c2C)c(OC)cc1C. The van der Waals surface area contributed by atoms with Gasteiger partial charge < -0.3 is 15.2 Å². The van der Waals surface area contributed by atoms with Crippen LogP contribution in [0.15, 0.2) is 12.1 Å². The second-order valence-electron chi connectivity index (χ2n) is 4.50. The number of aryl methyl sites for hydroxylation is 2. The minimum atomic E-state index is 0.650. The van der Waals surface area contributed by atoms with Gasteiger partial charge in [-0.2, -0.15) is 5.10 Å². The number of nitrogens with zero attached hydrogens (tertiary/aromatic N) is 2. The maximum atomic E-state index is 5.96. The van der Waals surface area contributed by atoms with E-state index in [9.17, 15) is 0 Å². The van der Waals surface area contributed by atoms with Crippen LogP contribution in [0.4, 0.5) is 5.82 Å². The van der Waals surface area contributed by atoms with Crippen molar-refractivity contribution >= 4 is 5.82 Å². The van der Waals surface area contributed by atoms with Gasteiger partial charge in [-0.1, -0.05) is 0 Å². The maximum absolute atomic E-state index is 5.96. The monoisotopic (exact) mass is 261 g/mol. The third-order valence-corrected chi connectivity index (χ3v) is 3.31. The number of anilines is 1. The van der Waals surface area contributed by atoms with Crippen molar-refractivity contribution < 1.29 is 9.47 Å². The van der Waals surface area contributed by atoms with Gasteiger partial charge in [0.15, 0.2) is 0 Å². The Hall–Kier alpha value is -2.17. The molecule has 0 radical (unpaired) electrons. The largest absolute Gasteiger partial charge is 0.496 e. The Kier molecular flexibility index (Phi) is 3.38. The van der Waals surface area contributed by atoms with Gasteiger partial charge in [0.25, 0.3) is 0 Å². The average molecular weight is 261 g/mol. The number of nitrogens with two attached hydrogens (primary N) is 1. The summed E-state index contributed by atoms with van der Waals surface area (Å²) in [5.41, 5.74) is 9.61. The fourth-order valence-corrected chi connectivity index (χ4v) is 2.13. The van der Waals surface area contributed by atoms with Crippen molar-refractivity contribution in [2.45, 2.75) is 13.8 Å². The number of ether oxygens (including phenoxy) is 2. The van der Waals surface area contributed by atoms with Gasteiger partial charge >= 0.3 is 0 Å². The molecule has 0 saturated carbocycles. The lowest BCUT2D eigenvalue weighted by atomic mass is 10.0. The Balaban J connectivity index is 2.69. The van der Waals surface area contributed by atoms with Crippen LogP contribution in [0.1, 0.15) is 11.1 Å². The molecule has 0 fully saturated rings. The molecule has 0 aliphatic carbocycles. The molecule has 5 nitrogen and oxygen atoms in total. The minimum absolute atomic E-state index is 0.650. The van der Waals surface area contributed by atoms with Crippen LogP contribution in [0, 0.1) is 13.8 Å². The van der Waals surface area contributed by atoms with Crippen LogP contribution in [0.25, 0.3) is 11.3 Å². The fraction of sp³-hybridized carbons (Fsp3) is 0.357. The van der Waals surface area contributed by atoms with Crippen molar-refractivity contribution in [2.75, 3.05) is 20.0 Å². The van der Waals surface area contributed by atoms with Crippen LogP contribution >= 0.6 is 0 Å². The van der Waals surface area contributed by atoms with Crippen molar-refractivity contribution in [3.63, 3.8) is 0 Å². The first-order chi connectivity index (χ1) is 8.99. The van der Waals surface area contributed by atoms with Gasteiger partial charge in [-0.25, -0.2) is 0 Å². The topological polar surface area (TPSA) is 62.3 Å². The Bertz CT molecular complexity index is 618. The van der Waals surface area contributed by atoms with E-state index in [1.807, 2.05) is 33.0 Å². The summed E-state index contributed by atoms with van der Waals surface area (Å²) in [6.45, 7) is 3.92. The summed E-state index contributed by atoms with van der Waals surface area (Å²) >= 11 is 0. The zero-order valence-corrected chi connectivity index (χ0v) is 11.9. The van der Waals surface area contributed by atoms with Crippen LogP contribution in [0.3, 0.4) is 0 Å². The predicted octanol–water partition coefficient (Wildman–Crippen LogP) is 2.30. The van der Waals surface area contributed by atoms with Gasteiger partial charge in [0, 0.05) is 18.2 Å². The predicted molar refractivity (Wildman–Crippen MR) is 75.6 cm³/mol. The van der Waals surface area contributed by atoms with Crippen molar-refractivity contribution in [2.24, 2.45) is 7.05 Å². The van der Waals surface area contributed by atoms with Gasteiger partial charge in [0.1, 0.15) is 23.0 Å². The van der Waals surface area contributed by atoms with Crippen molar-refractivity contribution in [3.8, 4) is 22.8 Å². The zero-order valence-electron chi connectivity index (χ0n) is 11.9. The smallest absolute Gasteiger partial charge is 0.128 e. The summed E-state index contributed by atoms with van der Waals surface area (Å²) in [6.07, 6.45) is 0. The molecular weight excluding hydrogens is 242 g/mol. The third-order valence-electron chi connectivity index (χ3n) is 3.31. The van der Waals surface area contributed by atoms with Crippen LogP contribution in [-0.4, -0.2) is 24.0 Å². The van der Waals surface area contributed by atoms with Crippen LogP contribution in [-0.2, 0) is 7.05 Å². The first kappa shape index (κ1) is 13.3. The highest BCUT2D eigenvalue weighted by Gasteiger charge is 2.17. The minimum Gasteiger partial charge on any atom is -0.496 e. The highest BCUT2D eigenvalue weighted by molar-refractivity contribution is 5.75. The summed E-state index contributed by atoms with van der Waals surface area (Å²) in [5.74, 6) is 2.22. The second kappa shape index (κ2) is 4.84. The molecule has 1 heterocycles. The average Bonchev–Trinajstić information content (AvgIpc) is 2.66. The maximum Gasteiger partial charge on any atom is 0.128 e. The first-order valence-electron chi connectivity index (χ1n) is 6.01. The molecular formula is C14H19N3O2. The number of nitrogen functional groups attached to an aromatic ring is 1. The molecule has 0 saturated heterocycles. The van der Waals surface area contributed by atoms with E-state index in [-0.39, 0.29) is 0 Å². The molecule has 0 amide bonds. The number of benzene rings is 1. The van der Waals surface area contributed by atoms with E-state index in [1.165, 1.54) is 0 Å². The molecule has 1 aromatic carbocycles. The van der Waals surface area contributed by atoms with Gasteiger partial charge in [0.05, 0.1) is 14.2 Å². The van der Waals surface area contributed by atoms with Crippen molar-refractivity contribution in [1.29, 1.82) is 0 Å². The van der Waals surface area contributed by atoms with E-state index in [0.29, 0.717) is 5.82 Å². The summed E-state index contributed by atoms with van der Waals surface area (Å²) in [6, 6.07) is 3.88. The summed E-state index contributed by atoms with van der Waals surface area (Å²) in [5, 5.41) is 4.45. The normalized spacial score (nSPS) is 10.6. The summed E-state index contributed by atoms with van der Waals surface area (Å²) < 4.78 is 12.5. The van der Waals surface area contributed by atoms with E-state index in [2.05, 4.69) is 5.10 Å². The molecule has 2 aromatic rings. The Morgan fingerprint density at radius 3 is 2.21 bits per heavy atom. The van der Waals surface area contributed by atoms with E-state index in [4.69, 9.17) is 15.2 Å². The van der Waals surface area contributed by atoms with Crippen LogP contribution in [0.5, 0.6) is 11.5 Å². The first-order valence-corrected chi connectivity index (χ1v) is 6.01. The molecule has 19 heavy (non-hydrogen) atoms. The molecule has 5 heteroatoms. The van der Waals surface area contributed by atoms with E-state index < -0.39 is 0 Å². The summed E-state index contributed by atoms with van der Waals surface area (Å²) in [7, 11) is 5.12. The molecule has 0 unspecified atom stereocenters. The number of rotatable bonds is 3. The lowest BCUT2D eigenvalue weighted by Crippen LogP contribution is -1.97. The van der Waals surface area contributed by atoms with Crippen LogP contribution in [0.2, 0.25) is 0 Å². The number of hydrogen-bond donors (Lipinski definition) is 1. The lowest BCUT2D eigenvalue weighted by molar-refractivity contribution is 0.401. The summed E-state index contributed by atoms with van der Waals surface area (Å²) in [4.78, 5) is 0. The van der Waals surface area contributed by atoms with Gasteiger partial charge in [-0.05, 0) is 31.5 Å². The highest BCUT2D eigenvalue weighted by atomic mass is 16.5. The molecule has 2 rings (SSSR count). The molecule has 0 aliphatic rings. The molecule has 0 bridgehead atoms. The number of aromatic nitrogens is 2. The molecule has 2 N–H and O–H groups in total. The molecule has 0 aliphatic heterocycles. The Morgan fingerprint density at radius 1 is 1.11 bits per heavy atom. The van der Waals surface area contributed by atoms with Gasteiger partial charge in [0.2, 0.25) is 0 Å². The number of methoxy groups -OCH3 is 2.